The Morgan fingerprint density at radius 2 is 0.979 bits per heavy atom. The van der Waals surface area contributed by atoms with E-state index in [2.05, 4.69) is 137 Å². The summed E-state index contributed by atoms with van der Waals surface area (Å²) in [4.78, 5) is 0. The molecule has 2 heterocycles. The molecule has 9 rings (SSSR count). The Hall–Kier alpha value is -6.88. The van der Waals surface area contributed by atoms with Gasteiger partial charge < -0.3 is 9.13 Å². The van der Waals surface area contributed by atoms with Gasteiger partial charge >= 0.3 is 0 Å². The van der Waals surface area contributed by atoms with Crippen LogP contribution >= 0.6 is 0 Å². The van der Waals surface area contributed by atoms with Crippen LogP contribution in [0.15, 0.2) is 158 Å². The topological polar surface area (TPSA) is 57.4 Å². The molecule has 9 aromatic rings. The van der Waals surface area contributed by atoms with Crippen molar-refractivity contribution in [1.82, 2.24) is 9.13 Å². The Kier molecular flexibility index (Phi) is 6.22. The largest absolute Gasteiger partial charge is 0.309 e. The number of aromatic nitrogens is 2. The molecule has 222 valence electrons. The van der Waals surface area contributed by atoms with Gasteiger partial charge in [0.25, 0.3) is 0 Å². The van der Waals surface area contributed by atoms with Gasteiger partial charge in [-0.25, -0.2) is 0 Å². The number of benzene rings is 7. The number of fused-ring (bicyclic) bond motifs is 6. The molecule has 0 atom stereocenters. The van der Waals surface area contributed by atoms with E-state index >= 15 is 0 Å². The molecule has 0 bridgehead atoms. The fraction of sp³-hybridized carbons (Fsp3) is 0. The maximum absolute atomic E-state index is 10.3. The highest BCUT2D eigenvalue weighted by molar-refractivity contribution is 6.11. The molecular formula is C44H26N4. The second kappa shape index (κ2) is 10.9. The van der Waals surface area contributed by atoms with Crippen molar-refractivity contribution in [3.8, 4) is 45.8 Å². The summed E-state index contributed by atoms with van der Waals surface area (Å²) in [6.45, 7) is 0. The minimum atomic E-state index is 0.570. The second-order valence-corrected chi connectivity index (χ2v) is 12.0. The Bertz CT molecular complexity index is 2750. The smallest absolute Gasteiger partial charge is 0.101 e. The average molecular weight is 611 g/mol. The monoisotopic (exact) mass is 610 g/mol. The van der Waals surface area contributed by atoms with Crippen molar-refractivity contribution < 1.29 is 0 Å². The molecule has 0 fully saturated rings. The molecule has 0 aliphatic rings. The van der Waals surface area contributed by atoms with E-state index in [9.17, 15) is 10.5 Å². The van der Waals surface area contributed by atoms with Crippen molar-refractivity contribution in [3.63, 3.8) is 0 Å². The fourth-order valence-electron chi connectivity index (χ4n) is 7.26. The van der Waals surface area contributed by atoms with Gasteiger partial charge in [0.05, 0.1) is 45.0 Å². The van der Waals surface area contributed by atoms with Crippen molar-refractivity contribution in [1.29, 1.82) is 10.5 Å². The van der Waals surface area contributed by atoms with Crippen LogP contribution in [0.5, 0.6) is 0 Å². The fourth-order valence-corrected chi connectivity index (χ4v) is 7.26. The zero-order valence-electron chi connectivity index (χ0n) is 25.8. The third kappa shape index (κ3) is 4.14. The lowest BCUT2D eigenvalue weighted by Crippen LogP contribution is -2.01. The van der Waals surface area contributed by atoms with Gasteiger partial charge in [0.2, 0.25) is 0 Å². The first kappa shape index (κ1) is 27.4. The van der Waals surface area contributed by atoms with Gasteiger partial charge in [-0.05, 0) is 65.2 Å². The number of nitriles is 2. The Balaban J connectivity index is 1.18. The van der Waals surface area contributed by atoms with Crippen molar-refractivity contribution in [2.75, 3.05) is 0 Å². The van der Waals surface area contributed by atoms with Crippen molar-refractivity contribution in [3.05, 3.63) is 169 Å². The maximum Gasteiger partial charge on any atom is 0.101 e. The Labute approximate surface area is 277 Å². The van der Waals surface area contributed by atoms with E-state index in [0.717, 1.165) is 55.4 Å². The van der Waals surface area contributed by atoms with Gasteiger partial charge in [-0.3, -0.25) is 0 Å². The van der Waals surface area contributed by atoms with Crippen LogP contribution < -0.4 is 0 Å². The van der Waals surface area contributed by atoms with Crippen molar-refractivity contribution in [2.45, 2.75) is 0 Å². The van der Waals surface area contributed by atoms with Crippen LogP contribution in [0.25, 0.3) is 77.2 Å². The highest BCUT2D eigenvalue weighted by atomic mass is 15.0. The summed E-state index contributed by atoms with van der Waals surface area (Å²) >= 11 is 0. The van der Waals surface area contributed by atoms with Crippen LogP contribution in [0.1, 0.15) is 11.1 Å². The molecule has 0 amide bonds. The summed E-state index contributed by atoms with van der Waals surface area (Å²) in [5.74, 6) is 0. The third-order valence-electron chi connectivity index (χ3n) is 9.40. The summed E-state index contributed by atoms with van der Waals surface area (Å²) in [5, 5.41) is 24.7. The van der Waals surface area contributed by atoms with E-state index in [1.165, 1.54) is 21.8 Å². The molecule has 4 nitrogen and oxygen atoms in total. The van der Waals surface area contributed by atoms with Crippen LogP contribution in [-0.4, -0.2) is 9.13 Å². The standard InChI is InChI=1S/C44H26N4/c45-27-29-19-24-39-38-14-3-6-18-42(38)48(43(39)25-29)44-33(28-46)10-8-15-35(44)31-22-20-30(21-23-31)32-9-7-11-34(26-32)47-40-16-4-1-12-36(40)37-13-2-5-17-41(37)47/h1-26H. The lowest BCUT2D eigenvalue weighted by Gasteiger charge is -2.16. The number of nitrogens with zero attached hydrogens (tertiary/aromatic N) is 4. The van der Waals surface area contributed by atoms with E-state index in [0.29, 0.717) is 11.1 Å². The van der Waals surface area contributed by atoms with E-state index in [1.807, 2.05) is 42.5 Å². The predicted octanol–water partition coefficient (Wildman–Crippen LogP) is 11.0. The predicted molar refractivity (Wildman–Crippen MR) is 195 cm³/mol. The SMILES string of the molecule is N#Cc1ccc2c3ccccc3n(-c3c(C#N)cccc3-c3ccc(-c4cccc(-n5c6ccccc6c6ccccc65)c4)cc3)c2c1. The van der Waals surface area contributed by atoms with E-state index in [4.69, 9.17) is 0 Å². The molecule has 4 heteroatoms. The molecule has 2 aromatic heterocycles. The van der Waals surface area contributed by atoms with Gasteiger partial charge in [-0.2, -0.15) is 10.5 Å². The molecule has 0 saturated carbocycles. The lowest BCUT2D eigenvalue weighted by molar-refractivity contribution is 1.17. The quantitative estimate of drug-likeness (QED) is 0.199. The van der Waals surface area contributed by atoms with Gasteiger partial charge in [-0.15, -0.1) is 0 Å². The normalized spacial score (nSPS) is 11.3. The molecule has 0 spiro atoms. The van der Waals surface area contributed by atoms with Crippen LogP contribution in [0.3, 0.4) is 0 Å². The molecular weight excluding hydrogens is 585 g/mol. The Morgan fingerprint density at radius 3 is 1.62 bits per heavy atom. The van der Waals surface area contributed by atoms with Crippen molar-refractivity contribution >= 4 is 43.6 Å². The highest BCUT2D eigenvalue weighted by Crippen LogP contribution is 2.39. The first-order valence-corrected chi connectivity index (χ1v) is 15.9. The molecule has 0 aliphatic heterocycles. The van der Waals surface area contributed by atoms with Gasteiger partial charge in [0.15, 0.2) is 0 Å². The molecule has 0 aliphatic carbocycles. The molecule has 0 saturated heterocycles. The lowest BCUT2D eigenvalue weighted by atomic mass is 9.97. The first-order valence-electron chi connectivity index (χ1n) is 15.9. The summed E-state index contributed by atoms with van der Waals surface area (Å²) in [6, 6.07) is 59.0. The third-order valence-corrected chi connectivity index (χ3v) is 9.40. The number of rotatable bonds is 4. The van der Waals surface area contributed by atoms with E-state index in [-0.39, 0.29) is 0 Å². The van der Waals surface area contributed by atoms with Crippen LogP contribution in [0.2, 0.25) is 0 Å². The zero-order chi connectivity index (χ0) is 32.2. The Morgan fingerprint density at radius 1 is 0.396 bits per heavy atom. The molecule has 48 heavy (non-hydrogen) atoms. The minimum Gasteiger partial charge on any atom is -0.309 e. The highest BCUT2D eigenvalue weighted by Gasteiger charge is 2.19. The van der Waals surface area contributed by atoms with Gasteiger partial charge in [0.1, 0.15) is 6.07 Å². The summed E-state index contributed by atoms with van der Waals surface area (Å²) in [6.07, 6.45) is 0. The van der Waals surface area contributed by atoms with Gasteiger partial charge in [-0.1, -0.05) is 109 Å². The van der Waals surface area contributed by atoms with Crippen LogP contribution in [0.4, 0.5) is 0 Å². The molecule has 0 unspecified atom stereocenters. The number of para-hydroxylation sites is 4. The van der Waals surface area contributed by atoms with Gasteiger partial charge in [0, 0.05) is 32.8 Å². The molecule has 7 aromatic carbocycles. The summed E-state index contributed by atoms with van der Waals surface area (Å²) in [5.41, 5.74) is 11.5. The average Bonchev–Trinajstić information content (AvgIpc) is 3.67. The zero-order valence-corrected chi connectivity index (χ0v) is 25.8. The molecule has 0 N–H and O–H groups in total. The van der Waals surface area contributed by atoms with Crippen molar-refractivity contribution in [2.24, 2.45) is 0 Å². The van der Waals surface area contributed by atoms with Crippen LogP contribution in [0, 0.1) is 22.7 Å². The maximum atomic E-state index is 10.3. The number of hydrogen-bond donors (Lipinski definition) is 0. The summed E-state index contributed by atoms with van der Waals surface area (Å²) < 4.78 is 4.48. The van der Waals surface area contributed by atoms with E-state index < -0.39 is 0 Å². The number of hydrogen-bond acceptors (Lipinski definition) is 2. The molecule has 0 radical (unpaired) electrons. The second-order valence-electron chi connectivity index (χ2n) is 12.0. The summed E-state index contributed by atoms with van der Waals surface area (Å²) in [7, 11) is 0. The minimum absolute atomic E-state index is 0.570. The van der Waals surface area contributed by atoms with Crippen LogP contribution in [-0.2, 0) is 0 Å². The van der Waals surface area contributed by atoms with E-state index in [1.54, 1.807) is 0 Å². The first-order chi connectivity index (χ1) is 23.7.